The third-order valence-corrected chi connectivity index (χ3v) is 4.81. The Hall–Kier alpha value is -4.04. The van der Waals surface area contributed by atoms with Crippen LogP contribution in [0.15, 0.2) is 77.6 Å². The van der Waals surface area contributed by atoms with Gasteiger partial charge in [-0.3, -0.25) is 14.6 Å². The number of hydrogen-bond donors (Lipinski definition) is 2. The number of pyridine rings is 1. The van der Waals surface area contributed by atoms with Crippen molar-refractivity contribution in [1.82, 2.24) is 15.1 Å². The van der Waals surface area contributed by atoms with Gasteiger partial charge in [-0.15, -0.1) is 0 Å². The highest BCUT2D eigenvalue weighted by Gasteiger charge is 2.14. The largest absolute Gasteiger partial charge is 0.339 e. The number of rotatable bonds is 7. The van der Waals surface area contributed by atoms with Crippen LogP contribution in [-0.4, -0.2) is 26.9 Å². The average Bonchev–Trinajstić information content (AvgIpc) is 3.29. The van der Waals surface area contributed by atoms with Gasteiger partial charge < -0.3 is 15.2 Å². The van der Waals surface area contributed by atoms with Crippen molar-refractivity contribution in [2.24, 2.45) is 0 Å². The normalized spacial score (nSPS) is 10.5. The molecule has 0 radical (unpaired) electrons. The van der Waals surface area contributed by atoms with E-state index in [9.17, 15) is 9.59 Å². The van der Waals surface area contributed by atoms with Gasteiger partial charge in [0, 0.05) is 42.2 Å². The number of hydrogen-bond acceptors (Lipinski definition) is 6. The zero-order valence-electron chi connectivity index (χ0n) is 16.8. The second kappa shape index (κ2) is 9.84. The fraction of sp³-hybridized carbons (Fsp3) is 0.0870. The number of anilines is 2. The van der Waals surface area contributed by atoms with Gasteiger partial charge in [-0.05, 0) is 42.5 Å². The molecule has 2 amide bonds. The fourth-order valence-electron chi connectivity index (χ4n) is 2.91. The summed E-state index contributed by atoms with van der Waals surface area (Å²) in [6.07, 6.45) is 3.69. The highest BCUT2D eigenvalue weighted by atomic mass is 35.5. The minimum atomic E-state index is -0.369. The predicted octanol–water partition coefficient (Wildman–Crippen LogP) is 4.61. The summed E-state index contributed by atoms with van der Waals surface area (Å²) in [6.45, 7) is 0. The topological polar surface area (TPSA) is 110 Å². The molecular weight excluding hydrogens is 430 g/mol. The van der Waals surface area contributed by atoms with Gasteiger partial charge in [0.05, 0.1) is 10.6 Å². The van der Waals surface area contributed by atoms with Gasteiger partial charge in [-0.2, -0.15) is 4.98 Å². The molecule has 0 spiro atoms. The van der Waals surface area contributed by atoms with Crippen LogP contribution in [0.1, 0.15) is 22.7 Å². The van der Waals surface area contributed by atoms with Gasteiger partial charge in [-0.25, -0.2) is 0 Å². The van der Waals surface area contributed by atoms with Crippen LogP contribution in [0.5, 0.6) is 0 Å². The van der Waals surface area contributed by atoms with Gasteiger partial charge in [0.2, 0.25) is 17.6 Å². The fourth-order valence-corrected chi connectivity index (χ4v) is 3.11. The first-order valence-corrected chi connectivity index (χ1v) is 10.1. The van der Waals surface area contributed by atoms with Crippen LogP contribution in [0.3, 0.4) is 0 Å². The standard InChI is InChI=1S/C23H18ClN5O3/c24-19-9-8-17(13-18(19)23(31)27-16-6-2-1-3-7-16)26-20(30)10-11-21-28-22(29-32-21)15-5-4-12-25-14-15/h1-9,12-14H,10-11H2,(H,26,30)(H,27,31). The van der Waals surface area contributed by atoms with Crippen LogP contribution in [0.2, 0.25) is 5.02 Å². The van der Waals surface area contributed by atoms with Crippen LogP contribution >= 0.6 is 11.6 Å². The molecule has 2 N–H and O–H groups in total. The highest BCUT2D eigenvalue weighted by molar-refractivity contribution is 6.34. The number of benzene rings is 2. The van der Waals surface area contributed by atoms with Crippen molar-refractivity contribution < 1.29 is 14.1 Å². The summed E-state index contributed by atoms with van der Waals surface area (Å²) >= 11 is 6.18. The van der Waals surface area contributed by atoms with Gasteiger partial charge >= 0.3 is 0 Å². The maximum Gasteiger partial charge on any atom is 0.257 e. The lowest BCUT2D eigenvalue weighted by Gasteiger charge is -2.10. The Labute approximate surface area is 188 Å². The molecule has 0 atom stereocenters. The van der Waals surface area contributed by atoms with E-state index in [4.69, 9.17) is 16.1 Å². The molecule has 4 aromatic rings. The third-order valence-electron chi connectivity index (χ3n) is 4.48. The van der Waals surface area contributed by atoms with E-state index in [1.807, 2.05) is 24.3 Å². The number of aromatic nitrogens is 3. The summed E-state index contributed by atoms with van der Waals surface area (Å²) in [6, 6.07) is 17.4. The first-order chi connectivity index (χ1) is 15.6. The van der Waals surface area contributed by atoms with Crippen molar-refractivity contribution in [1.29, 1.82) is 0 Å². The zero-order chi connectivity index (χ0) is 22.3. The first kappa shape index (κ1) is 21.2. The molecule has 0 unspecified atom stereocenters. The average molecular weight is 448 g/mol. The van der Waals surface area contributed by atoms with Crippen molar-refractivity contribution in [3.8, 4) is 11.4 Å². The van der Waals surface area contributed by atoms with Gasteiger partial charge in [0.25, 0.3) is 5.91 Å². The van der Waals surface area contributed by atoms with Crippen LogP contribution < -0.4 is 10.6 Å². The Morgan fingerprint density at radius 1 is 0.969 bits per heavy atom. The monoisotopic (exact) mass is 447 g/mol. The molecular formula is C23H18ClN5O3. The number of nitrogens with one attached hydrogen (secondary N) is 2. The lowest BCUT2D eigenvalue weighted by Crippen LogP contribution is -2.15. The second-order valence-electron chi connectivity index (χ2n) is 6.82. The van der Waals surface area contributed by atoms with Crippen LogP contribution in [0, 0.1) is 0 Å². The Morgan fingerprint density at radius 2 is 1.81 bits per heavy atom. The van der Waals surface area contributed by atoms with E-state index in [0.29, 0.717) is 23.1 Å². The van der Waals surface area contributed by atoms with Gasteiger partial charge in [-0.1, -0.05) is 35.0 Å². The number of carbonyl (C=O) groups excluding carboxylic acids is 2. The number of aryl methyl sites for hydroxylation is 1. The number of halogens is 1. The van der Waals surface area contributed by atoms with Crippen LogP contribution in [0.4, 0.5) is 11.4 Å². The number of carbonyl (C=O) groups is 2. The summed E-state index contributed by atoms with van der Waals surface area (Å²) in [5.41, 5.74) is 2.09. The molecule has 0 fully saturated rings. The molecule has 0 saturated carbocycles. The Morgan fingerprint density at radius 3 is 2.59 bits per heavy atom. The van der Waals surface area contributed by atoms with E-state index in [-0.39, 0.29) is 35.2 Å². The molecule has 0 bridgehead atoms. The van der Waals surface area contributed by atoms with Crippen LogP contribution in [-0.2, 0) is 11.2 Å². The molecule has 2 heterocycles. The quantitative estimate of drug-likeness (QED) is 0.428. The van der Waals surface area contributed by atoms with E-state index in [0.717, 1.165) is 5.56 Å². The van der Waals surface area contributed by atoms with Crippen molar-refractivity contribution in [2.45, 2.75) is 12.8 Å². The van der Waals surface area contributed by atoms with Gasteiger partial charge in [0.1, 0.15) is 0 Å². The summed E-state index contributed by atoms with van der Waals surface area (Å²) in [5, 5.41) is 9.72. The van der Waals surface area contributed by atoms with Gasteiger partial charge in [0.15, 0.2) is 0 Å². The molecule has 8 nitrogen and oxygen atoms in total. The Bertz CT molecular complexity index is 1230. The van der Waals surface area contributed by atoms with E-state index in [2.05, 4.69) is 25.8 Å². The third kappa shape index (κ3) is 5.35. The molecule has 0 aliphatic heterocycles. The smallest absolute Gasteiger partial charge is 0.257 e. The lowest BCUT2D eigenvalue weighted by molar-refractivity contribution is -0.116. The molecule has 32 heavy (non-hydrogen) atoms. The SMILES string of the molecule is O=C(CCc1nc(-c2cccnc2)no1)Nc1ccc(Cl)c(C(=O)Nc2ccccc2)c1. The molecule has 2 aromatic carbocycles. The number of para-hydroxylation sites is 1. The van der Waals surface area contributed by atoms with Crippen LogP contribution in [0.25, 0.3) is 11.4 Å². The zero-order valence-corrected chi connectivity index (χ0v) is 17.5. The molecule has 4 rings (SSSR count). The van der Waals surface area contributed by atoms with Crippen molar-refractivity contribution in [2.75, 3.05) is 10.6 Å². The minimum absolute atomic E-state index is 0.128. The summed E-state index contributed by atoms with van der Waals surface area (Å²) < 4.78 is 5.20. The maximum atomic E-state index is 12.6. The first-order valence-electron chi connectivity index (χ1n) is 9.77. The molecule has 0 aliphatic rings. The van der Waals surface area contributed by atoms with Crippen molar-refractivity contribution in [3.05, 3.63) is 89.5 Å². The minimum Gasteiger partial charge on any atom is -0.339 e. The highest BCUT2D eigenvalue weighted by Crippen LogP contribution is 2.22. The van der Waals surface area contributed by atoms with E-state index in [1.54, 1.807) is 42.7 Å². The Kier molecular flexibility index (Phi) is 6.52. The Balaban J connectivity index is 1.36. The second-order valence-corrected chi connectivity index (χ2v) is 7.22. The van der Waals surface area contributed by atoms with E-state index >= 15 is 0 Å². The van der Waals surface area contributed by atoms with Crippen molar-refractivity contribution >= 4 is 34.8 Å². The molecule has 0 aliphatic carbocycles. The van der Waals surface area contributed by atoms with E-state index < -0.39 is 0 Å². The van der Waals surface area contributed by atoms with E-state index in [1.165, 1.54) is 6.07 Å². The molecule has 2 aromatic heterocycles. The number of nitrogens with zero attached hydrogens (tertiary/aromatic N) is 3. The van der Waals surface area contributed by atoms with Crippen molar-refractivity contribution in [3.63, 3.8) is 0 Å². The summed E-state index contributed by atoms with van der Waals surface area (Å²) in [7, 11) is 0. The molecule has 160 valence electrons. The number of amides is 2. The maximum absolute atomic E-state index is 12.6. The predicted molar refractivity (Wildman–Crippen MR) is 120 cm³/mol. The lowest BCUT2D eigenvalue weighted by atomic mass is 10.1. The molecule has 0 saturated heterocycles. The molecule has 9 heteroatoms. The summed E-state index contributed by atoms with van der Waals surface area (Å²) in [4.78, 5) is 33.2. The summed E-state index contributed by atoms with van der Waals surface area (Å²) in [5.74, 6) is 0.132.